The Morgan fingerprint density at radius 1 is 1.38 bits per heavy atom. The number of hydrogen-bond donors (Lipinski definition) is 3. The summed E-state index contributed by atoms with van der Waals surface area (Å²) in [5, 5.41) is 17.9. The van der Waals surface area contributed by atoms with Gasteiger partial charge in [-0.1, -0.05) is 6.07 Å². The van der Waals surface area contributed by atoms with Crippen molar-refractivity contribution in [3.63, 3.8) is 0 Å². The standard InChI is InChI=1S/C14H19NO5S/c1-10-2-3-11(13(17)18)8-12(10)21(19,20)15-9-14(4-5-14)6-7-16/h2-3,8,15-16H,4-7,9H2,1H3,(H,17,18). The van der Waals surface area contributed by atoms with Crippen LogP contribution in [0.1, 0.15) is 35.2 Å². The number of aliphatic hydroxyl groups excluding tert-OH is 1. The van der Waals surface area contributed by atoms with E-state index in [0.717, 1.165) is 12.8 Å². The third-order valence-corrected chi connectivity index (χ3v) is 5.50. The van der Waals surface area contributed by atoms with Gasteiger partial charge >= 0.3 is 5.97 Å². The van der Waals surface area contributed by atoms with Crippen LogP contribution in [0.2, 0.25) is 0 Å². The molecule has 116 valence electrons. The molecule has 0 spiro atoms. The van der Waals surface area contributed by atoms with Crippen LogP contribution in [0.4, 0.5) is 0 Å². The number of aryl methyl sites for hydroxylation is 1. The average Bonchev–Trinajstić information content (AvgIpc) is 3.17. The van der Waals surface area contributed by atoms with Crippen molar-refractivity contribution in [1.29, 1.82) is 0 Å². The third kappa shape index (κ3) is 3.61. The number of carbonyl (C=O) groups is 1. The summed E-state index contributed by atoms with van der Waals surface area (Å²) in [6.45, 7) is 1.93. The summed E-state index contributed by atoms with van der Waals surface area (Å²) in [5.74, 6) is -1.16. The van der Waals surface area contributed by atoms with E-state index < -0.39 is 16.0 Å². The number of rotatable bonds is 7. The summed E-state index contributed by atoms with van der Waals surface area (Å²) in [6.07, 6.45) is 2.36. The summed E-state index contributed by atoms with van der Waals surface area (Å²) in [6, 6.07) is 4.04. The first-order chi connectivity index (χ1) is 9.80. The molecule has 0 amide bonds. The van der Waals surface area contributed by atoms with Crippen LogP contribution in [0.25, 0.3) is 0 Å². The molecule has 0 bridgehead atoms. The molecule has 1 fully saturated rings. The van der Waals surface area contributed by atoms with Gasteiger partial charge in [-0.2, -0.15) is 0 Å². The van der Waals surface area contributed by atoms with Crippen LogP contribution in [-0.2, 0) is 10.0 Å². The summed E-state index contributed by atoms with van der Waals surface area (Å²) in [4.78, 5) is 10.9. The highest BCUT2D eigenvalue weighted by Crippen LogP contribution is 2.48. The minimum Gasteiger partial charge on any atom is -0.478 e. The molecular weight excluding hydrogens is 294 g/mol. The van der Waals surface area contributed by atoms with Gasteiger partial charge in [-0.15, -0.1) is 0 Å². The molecule has 0 aromatic heterocycles. The summed E-state index contributed by atoms with van der Waals surface area (Å²) in [5.41, 5.74) is 0.303. The maximum Gasteiger partial charge on any atom is 0.335 e. The van der Waals surface area contributed by atoms with Crippen LogP contribution in [-0.4, -0.2) is 37.8 Å². The molecule has 0 atom stereocenters. The Bertz CT molecular complexity index is 649. The summed E-state index contributed by atoms with van der Waals surface area (Å²) < 4.78 is 27.2. The van der Waals surface area contributed by atoms with Gasteiger partial charge in [0.2, 0.25) is 10.0 Å². The lowest BCUT2D eigenvalue weighted by molar-refractivity contribution is 0.0696. The Balaban J connectivity index is 2.19. The van der Waals surface area contributed by atoms with Crippen LogP contribution in [0.15, 0.2) is 23.1 Å². The van der Waals surface area contributed by atoms with E-state index in [-0.39, 0.29) is 29.0 Å². The van der Waals surface area contributed by atoms with E-state index in [2.05, 4.69) is 4.72 Å². The Kier molecular flexibility index (Phi) is 4.36. The molecule has 0 radical (unpaired) electrons. The molecule has 1 saturated carbocycles. The number of sulfonamides is 1. The molecule has 0 heterocycles. The molecule has 7 heteroatoms. The second kappa shape index (κ2) is 5.75. The van der Waals surface area contributed by atoms with Gasteiger partial charge in [-0.05, 0) is 49.3 Å². The minimum absolute atomic E-state index is 0.0119. The lowest BCUT2D eigenvalue weighted by atomic mass is 10.0. The quantitative estimate of drug-likeness (QED) is 0.700. The van der Waals surface area contributed by atoms with Crippen LogP contribution in [0.5, 0.6) is 0 Å². The Morgan fingerprint density at radius 2 is 2.05 bits per heavy atom. The highest BCUT2D eigenvalue weighted by atomic mass is 32.2. The van der Waals surface area contributed by atoms with Crippen LogP contribution in [0.3, 0.4) is 0 Å². The Morgan fingerprint density at radius 3 is 2.57 bits per heavy atom. The highest BCUT2D eigenvalue weighted by Gasteiger charge is 2.42. The van der Waals surface area contributed by atoms with E-state index in [1.165, 1.54) is 18.2 Å². The smallest absolute Gasteiger partial charge is 0.335 e. The topological polar surface area (TPSA) is 104 Å². The van der Waals surface area contributed by atoms with Crippen molar-refractivity contribution in [2.45, 2.75) is 31.1 Å². The lowest BCUT2D eigenvalue weighted by Crippen LogP contribution is -2.31. The molecule has 1 aliphatic carbocycles. The van der Waals surface area contributed by atoms with Crippen LogP contribution >= 0.6 is 0 Å². The zero-order valence-electron chi connectivity index (χ0n) is 11.8. The van der Waals surface area contributed by atoms with E-state index in [1.807, 2.05) is 0 Å². The summed E-state index contributed by atoms with van der Waals surface area (Å²) >= 11 is 0. The maximum absolute atomic E-state index is 12.3. The molecule has 21 heavy (non-hydrogen) atoms. The highest BCUT2D eigenvalue weighted by molar-refractivity contribution is 7.89. The number of nitrogens with one attached hydrogen (secondary N) is 1. The van der Waals surface area contributed by atoms with E-state index in [9.17, 15) is 13.2 Å². The van der Waals surface area contributed by atoms with Crippen molar-refractivity contribution >= 4 is 16.0 Å². The maximum atomic E-state index is 12.3. The van der Waals surface area contributed by atoms with E-state index in [1.54, 1.807) is 6.92 Å². The largest absolute Gasteiger partial charge is 0.478 e. The Labute approximate surface area is 123 Å². The molecule has 3 N–H and O–H groups in total. The average molecular weight is 313 g/mol. The molecule has 0 unspecified atom stereocenters. The SMILES string of the molecule is Cc1ccc(C(=O)O)cc1S(=O)(=O)NCC1(CCO)CC1. The minimum atomic E-state index is -3.75. The normalized spacial score (nSPS) is 16.7. The number of hydrogen-bond acceptors (Lipinski definition) is 4. The van der Waals surface area contributed by atoms with Crippen LogP contribution < -0.4 is 4.72 Å². The van der Waals surface area contributed by atoms with E-state index >= 15 is 0 Å². The molecular formula is C14H19NO5S. The van der Waals surface area contributed by atoms with Gasteiger partial charge in [0.05, 0.1) is 10.5 Å². The fourth-order valence-electron chi connectivity index (χ4n) is 2.28. The number of carboxylic acids is 1. The van der Waals surface area contributed by atoms with Crippen molar-refractivity contribution < 1.29 is 23.4 Å². The molecule has 1 aromatic rings. The van der Waals surface area contributed by atoms with Gasteiger partial charge in [0.15, 0.2) is 0 Å². The lowest BCUT2D eigenvalue weighted by Gasteiger charge is -2.16. The number of aliphatic hydroxyl groups is 1. The molecule has 1 aromatic carbocycles. The monoisotopic (exact) mass is 313 g/mol. The van der Waals surface area contributed by atoms with Crippen molar-refractivity contribution in [3.05, 3.63) is 29.3 Å². The van der Waals surface area contributed by atoms with Gasteiger partial charge in [-0.25, -0.2) is 17.9 Å². The van der Waals surface area contributed by atoms with E-state index in [0.29, 0.717) is 12.0 Å². The van der Waals surface area contributed by atoms with Crippen molar-refractivity contribution in [3.8, 4) is 0 Å². The van der Waals surface area contributed by atoms with Gasteiger partial charge in [0, 0.05) is 13.2 Å². The third-order valence-electron chi connectivity index (χ3n) is 3.96. The molecule has 1 aliphatic rings. The summed E-state index contributed by atoms with van der Waals surface area (Å²) in [7, 11) is -3.75. The van der Waals surface area contributed by atoms with Crippen LogP contribution in [0, 0.1) is 12.3 Å². The predicted octanol–water partition coefficient (Wildman–Crippen LogP) is 1.13. The zero-order valence-corrected chi connectivity index (χ0v) is 12.6. The first-order valence-electron chi connectivity index (χ1n) is 6.74. The van der Waals surface area contributed by atoms with Crippen molar-refractivity contribution in [1.82, 2.24) is 4.72 Å². The predicted molar refractivity (Wildman–Crippen MR) is 76.7 cm³/mol. The number of carboxylic acid groups (broad SMARTS) is 1. The number of benzene rings is 1. The molecule has 0 saturated heterocycles. The van der Waals surface area contributed by atoms with Gasteiger partial charge in [0.1, 0.15) is 0 Å². The zero-order chi connectivity index (χ0) is 15.7. The first kappa shape index (κ1) is 15.9. The molecule has 2 rings (SSSR count). The van der Waals surface area contributed by atoms with Crippen molar-refractivity contribution in [2.24, 2.45) is 5.41 Å². The second-order valence-electron chi connectivity index (χ2n) is 5.58. The fraction of sp³-hybridized carbons (Fsp3) is 0.500. The van der Waals surface area contributed by atoms with E-state index in [4.69, 9.17) is 10.2 Å². The van der Waals surface area contributed by atoms with Gasteiger partial charge < -0.3 is 10.2 Å². The van der Waals surface area contributed by atoms with Gasteiger partial charge in [-0.3, -0.25) is 0 Å². The first-order valence-corrected chi connectivity index (χ1v) is 8.22. The molecule has 6 nitrogen and oxygen atoms in total. The number of aromatic carboxylic acids is 1. The molecule has 0 aliphatic heterocycles. The second-order valence-corrected chi connectivity index (χ2v) is 7.32. The van der Waals surface area contributed by atoms with Gasteiger partial charge in [0.25, 0.3) is 0 Å². The van der Waals surface area contributed by atoms with Crippen molar-refractivity contribution in [2.75, 3.05) is 13.2 Å². The Hall–Kier alpha value is -1.44. The fourth-order valence-corrected chi connectivity index (χ4v) is 3.70.